The zero-order valence-corrected chi connectivity index (χ0v) is 18.4. The number of carboxylic acids is 1. The summed E-state index contributed by atoms with van der Waals surface area (Å²) in [4.78, 5) is 37.8. The second-order valence-corrected chi connectivity index (χ2v) is 8.35. The fraction of sp³-hybridized carbons (Fsp3) is 0.280. The molecule has 0 saturated carbocycles. The summed E-state index contributed by atoms with van der Waals surface area (Å²) in [7, 11) is 0. The molecular formula is C25H24N4O5. The Kier molecular flexibility index (Phi) is 5.75. The molecule has 34 heavy (non-hydrogen) atoms. The standard InChI is InChI=1S/C25H24N4O5/c30-23(28-11-12-29-22(14-28)20(13-27-29)24(31)32)9-10-26-25(33)34-15-21-18-7-3-1-5-16(18)17-6-2-4-8-19(17)21/h1-8,13,21H,9-12,14-15H2,(H,26,33)(H,31,32). The van der Waals surface area contributed by atoms with Gasteiger partial charge in [0.2, 0.25) is 5.91 Å². The maximum Gasteiger partial charge on any atom is 0.407 e. The minimum atomic E-state index is -1.06. The zero-order chi connectivity index (χ0) is 23.7. The number of carboxylic acid groups (broad SMARTS) is 1. The van der Waals surface area contributed by atoms with E-state index in [1.165, 1.54) is 6.20 Å². The van der Waals surface area contributed by atoms with Crippen LogP contribution in [0.25, 0.3) is 11.1 Å². The van der Waals surface area contributed by atoms with Crippen molar-refractivity contribution in [2.24, 2.45) is 0 Å². The lowest BCUT2D eigenvalue weighted by Crippen LogP contribution is -2.40. The molecule has 2 heterocycles. The molecule has 3 aromatic rings. The predicted molar refractivity (Wildman–Crippen MR) is 122 cm³/mol. The summed E-state index contributed by atoms with van der Waals surface area (Å²) < 4.78 is 7.11. The van der Waals surface area contributed by atoms with Crippen molar-refractivity contribution in [1.29, 1.82) is 0 Å². The van der Waals surface area contributed by atoms with E-state index in [-0.39, 0.29) is 43.5 Å². The molecule has 1 aromatic heterocycles. The number of aromatic carboxylic acids is 1. The quantitative estimate of drug-likeness (QED) is 0.585. The van der Waals surface area contributed by atoms with Crippen LogP contribution in [0.3, 0.4) is 0 Å². The summed E-state index contributed by atoms with van der Waals surface area (Å²) in [6.45, 7) is 1.41. The van der Waals surface area contributed by atoms with Gasteiger partial charge in [-0.2, -0.15) is 5.10 Å². The summed E-state index contributed by atoms with van der Waals surface area (Å²) in [5, 5.41) is 16.0. The Morgan fingerprint density at radius 3 is 2.38 bits per heavy atom. The van der Waals surface area contributed by atoms with Crippen LogP contribution in [0.1, 0.15) is 39.5 Å². The van der Waals surface area contributed by atoms with E-state index in [1.807, 2.05) is 24.3 Å². The molecule has 2 aromatic carbocycles. The van der Waals surface area contributed by atoms with Gasteiger partial charge in [0, 0.05) is 25.4 Å². The van der Waals surface area contributed by atoms with Crippen LogP contribution in [0.4, 0.5) is 4.79 Å². The fourth-order valence-electron chi connectivity index (χ4n) is 4.72. The lowest BCUT2D eigenvalue weighted by atomic mass is 9.98. The molecule has 2 amide bonds. The molecular weight excluding hydrogens is 436 g/mol. The molecule has 0 unspecified atom stereocenters. The highest BCUT2D eigenvalue weighted by atomic mass is 16.5. The van der Waals surface area contributed by atoms with Gasteiger partial charge in [-0.15, -0.1) is 0 Å². The number of rotatable bonds is 6. The van der Waals surface area contributed by atoms with E-state index in [9.17, 15) is 19.5 Å². The van der Waals surface area contributed by atoms with Gasteiger partial charge in [0.05, 0.1) is 25.0 Å². The third kappa shape index (κ3) is 4.00. The van der Waals surface area contributed by atoms with Gasteiger partial charge >= 0.3 is 12.1 Å². The number of carbonyl (C=O) groups excluding carboxylic acids is 2. The van der Waals surface area contributed by atoms with Crippen molar-refractivity contribution in [3.05, 3.63) is 77.1 Å². The Morgan fingerprint density at radius 1 is 1.03 bits per heavy atom. The molecule has 2 N–H and O–H groups in total. The number of carbonyl (C=O) groups is 3. The Morgan fingerprint density at radius 2 is 1.71 bits per heavy atom. The molecule has 2 aliphatic rings. The number of benzene rings is 2. The van der Waals surface area contributed by atoms with Crippen molar-refractivity contribution in [3.63, 3.8) is 0 Å². The second kappa shape index (κ2) is 9.01. The average molecular weight is 460 g/mol. The number of hydrogen-bond donors (Lipinski definition) is 2. The van der Waals surface area contributed by atoms with E-state index < -0.39 is 12.1 Å². The summed E-state index contributed by atoms with van der Waals surface area (Å²) >= 11 is 0. The van der Waals surface area contributed by atoms with Crippen LogP contribution < -0.4 is 5.32 Å². The van der Waals surface area contributed by atoms with Gasteiger partial charge in [-0.3, -0.25) is 9.48 Å². The van der Waals surface area contributed by atoms with Gasteiger partial charge in [0.1, 0.15) is 12.2 Å². The first kappa shape index (κ1) is 21.7. The van der Waals surface area contributed by atoms with Crippen LogP contribution in [0.2, 0.25) is 0 Å². The number of nitrogens with zero attached hydrogens (tertiary/aromatic N) is 3. The van der Waals surface area contributed by atoms with Crippen LogP contribution in [-0.2, 0) is 22.6 Å². The highest BCUT2D eigenvalue weighted by molar-refractivity contribution is 5.89. The van der Waals surface area contributed by atoms with Gasteiger partial charge in [0.15, 0.2) is 0 Å². The fourth-order valence-corrected chi connectivity index (χ4v) is 4.72. The van der Waals surface area contributed by atoms with E-state index >= 15 is 0 Å². The Balaban J connectivity index is 1.12. The number of aromatic nitrogens is 2. The lowest BCUT2D eigenvalue weighted by molar-refractivity contribution is -0.132. The average Bonchev–Trinajstić information content (AvgIpc) is 3.42. The van der Waals surface area contributed by atoms with Crippen LogP contribution in [0.15, 0.2) is 54.7 Å². The molecule has 9 heteroatoms. The van der Waals surface area contributed by atoms with Crippen molar-refractivity contribution in [2.45, 2.75) is 25.4 Å². The largest absolute Gasteiger partial charge is 0.478 e. The van der Waals surface area contributed by atoms with Crippen LogP contribution >= 0.6 is 0 Å². The molecule has 0 spiro atoms. The van der Waals surface area contributed by atoms with E-state index in [4.69, 9.17) is 4.74 Å². The third-order valence-electron chi connectivity index (χ3n) is 6.41. The van der Waals surface area contributed by atoms with Crippen molar-refractivity contribution in [1.82, 2.24) is 20.0 Å². The topological polar surface area (TPSA) is 114 Å². The molecule has 0 saturated heterocycles. The third-order valence-corrected chi connectivity index (χ3v) is 6.41. The van der Waals surface area contributed by atoms with Gasteiger partial charge in [-0.05, 0) is 22.3 Å². The minimum absolute atomic E-state index is 0.0265. The van der Waals surface area contributed by atoms with Crippen molar-refractivity contribution >= 4 is 18.0 Å². The Bertz CT molecular complexity index is 1220. The van der Waals surface area contributed by atoms with Gasteiger partial charge < -0.3 is 20.1 Å². The van der Waals surface area contributed by atoms with E-state index in [0.717, 1.165) is 22.3 Å². The highest BCUT2D eigenvalue weighted by Gasteiger charge is 2.29. The monoisotopic (exact) mass is 460 g/mol. The van der Waals surface area contributed by atoms with Crippen LogP contribution in [-0.4, -0.2) is 57.5 Å². The molecule has 5 rings (SSSR count). The molecule has 9 nitrogen and oxygen atoms in total. The van der Waals surface area contributed by atoms with Gasteiger partial charge in [0.25, 0.3) is 0 Å². The summed E-state index contributed by atoms with van der Waals surface area (Å²) in [6.07, 6.45) is 0.838. The first-order chi connectivity index (χ1) is 16.5. The number of ether oxygens (including phenoxy) is 1. The summed E-state index contributed by atoms with van der Waals surface area (Å²) in [5.74, 6) is -1.25. The number of fused-ring (bicyclic) bond motifs is 4. The smallest absolute Gasteiger partial charge is 0.407 e. The molecule has 1 aliphatic heterocycles. The minimum Gasteiger partial charge on any atom is -0.478 e. The number of amides is 2. The molecule has 174 valence electrons. The molecule has 1 aliphatic carbocycles. The van der Waals surface area contributed by atoms with Crippen molar-refractivity contribution in [3.8, 4) is 11.1 Å². The lowest BCUT2D eigenvalue weighted by Gasteiger charge is -2.28. The summed E-state index contributed by atoms with van der Waals surface area (Å²) in [5.41, 5.74) is 5.21. The number of nitrogens with one attached hydrogen (secondary N) is 1. The Labute approximate surface area is 195 Å². The van der Waals surface area contributed by atoms with Crippen molar-refractivity contribution in [2.75, 3.05) is 19.7 Å². The normalized spacial score (nSPS) is 14.2. The SMILES string of the molecule is O=C(NCCC(=O)N1CCn2ncc(C(=O)O)c2C1)OCC1c2ccccc2-c2ccccc21. The maximum absolute atomic E-state index is 12.6. The van der Waals surface area contributed by atoms with E-state index in [2.05, 4.69) is 34.7 Å². The second-order valence-electron chi connectivity index (χ2n) is 8.35. The summed E-state index contributed by atoms with van der Waals surface area (Å²) in [6, 6.07) is 16.2. The first-order valence-electron chi connectivity index (χ1n) is 11.2. The van der Waals surface area contributed by atoms with Gasteiger partial charge in [-0.1, -0.05) is 48.5 Å². The first-order valence-corrected chi connectivity index (χ1v) is 11.2. The van der Waals surface area contributed by atoms with Crippen LogP contribution in [0, 0.1) is 0 Å². The van der Waals surface area contributed by atoms with Gasteiger partial charge in [-0.25, -0.2) is 9.59 Å². The van der Waals surface area contributed by atoms with E-state index in [0.29, 0.717) is 18.8 Å². The highest BCUT2D eigenvalue weighted by Crippen LogP contribution is 2.44. The number of hydrogen-bond acceptors (Lipinski definition) is 5. The number of alkyl carbamates (subject to hydrolysis) is 1. The predicted octanol–water partition coefficient (Wildman–Crippen LogP) is 2.85. The van der Waals surface area contributed by atoms with Crippen LogP contribution in [0.5, 0.6) is 0 Å². The Hall–Kier alpha value is -4.14. The van der Waals surface area contributed by atoms with E-state index in [1.54, 1.807) is 9.58 Å². The molecule has 0 atom stereocenters. The molecule has 0 fully saturated rings. The maximum atomic E-state index is 12.6. The molecule has 0 bridgehead atoms. The molecule has 0 radical (unpaired) electrons. The van der Waals surface area contributed by atoms with Crippen molar-refractivity contribution < 1.29 is 24.2 Å². The zero-order valence-electron chi connectivity index (χ0n) is 18.4.